The average molecular weight is 312 g/mol. The van der Waals surface area contributed by atoms with Gasteiger partial charge in [-0.05, 0) is 35.9 Å². The monoisotopic (exact) mass is 311 g/mol. The Morgan fingerprint density at radius 3 is 2.45 bits per heavy atom. The van der Waals surface area contributed by atoms with Gasteiger partial charge in [-0.2, -0.15) is 8.42 Å². The lowest BCUT2D eigenvalue weighted by Gasteiger charge is -2.08. The molecule has 5 nitrogen and oxygen atoms in total. The van der Waals surface area contributed by atoms with E-state index >= 15 is 0 Å². The highest BCUT2D eigenvalue weighted by Gasteiger charge is 2.17. The minimum absolute atomic E-state index is 0.00519. The van der Waals surface area contributed by atoms with Crippen molar-refractivity contribution in [3.05, 3.63) is 59.1 Å². The third-order valence-corrected chi connectivity index (χ3v) is 3.94. The lowest BCUT2D eigenvalue weighted by molar-refractivity contribution is 0.322. The smallest absolute Gasteiger partial charge is 0.339 e. The third-order valence-electron chi connectivity index (χ3n) is 2.39. The van der Waals surface area contributed by atoms with Crippen LogP contribution in [0.5, 0.6) is 5.75 Å². The molecule has 104 valence electrons. The molecule has 0 bridgehead atoms. The van der Waals surface area contributed by atoms with Crippen molar-refractivity contribution < 1.29 is 17.8 Å². The molecule has 0 spiro atoms. The molecule has 2 aromatic carbocycles. The Labute approximate surface area is 121 Å². The molecule has 0 radical (unpaired) electrons. The van der Waals surface area contributed by atoms with Crippen molar-refractivity contribution in [2.45, 2.75) is 4.90 Å². The van der Waals surface area contributed by atoms with E-state index in [-0.39, 0.29) is 15.7 Å². The predicted octanol–water partition coefficient (Wildman–Crippen LogP) is 2.92. The SMILES string of the molecule is O=S(=O)(Oc1ccc(/C=N\O)cc1Cl)c1ccccc1. The predicted molar refractivity (Wildman–Crippen MR) is 75.1 cm³/mol. The zero-order valence-electron chi connectivity index (χ0n) is 10.1. The van der Waals surface area contributed by atoms with Crippen LogP contribution in [0.2, 0.25) is 5.02 Å². The molecule has 0 aliphatic carbocycles. The van der Waals surface area contributed by atoms with Gasteiger partial charge in [-0.3, -0.25) is 0 Å². The molecule has 7 heteroatoms. The molecule has 0 aromatic heterocycles. The molecule has 0 atom stereocenters. The zero-order valence-corrected chi connectivity index (χ0v) is 11.7. The standard InChI is InChI=1S/C13H10ClNO4S/c14-12-8-10(9-15-16)6-7-13(12)19-20(17,18)11-4-2-1-3-5-11/h1-9,16H/b15-9-. The molecule has 0 saturated heterocycles. The number of nitrogens with zero attached hydrogens (tertiary/aromatic N) is 1. The van der Waals surface area contributed by atoms with E-state index in [9.17, 15) is 8.42 Å². The van der Waals surface area contributed by atoms with Crippen molar-refractivity contribution in [3.63, 3.8) is 0 Å². The highest BCUT2D eigenvalue weighted by Crippen LogP contribution is 2.28. The second-order valence-corrected chi connectivity index (χ2v) is 5.74. The van der Waals surface area contributed by atoms with Gasteiger partial charge in [0.2, 0.25) is 0 Å². The molecule has 0 heterocycles. The largest absolute Gasteiger partial charge is 0.411 e. The summed E-state index contributed by atoms with van der Waals surface area (Å²) in [7, 11) is -3.93. The first-order valence-corrected chi connectivity index (χ1v) is 7.28. The lowest BCUT2D eigenvalue weighted by Crippen LogP contribution is -2.09. The molecule has 0 fully saturated rings. The maximum atomic E-state index is 12.0. The zero-order chi connectivity index (χ0) is 14.6. The maximum Gasteiger partial charge on any atom is 0.339 e. The quantitative estimate of drug-likeness (QED) is 0.408. The molecule has 20 heavy (non-hydrogen) atoms. The van der Waals surface area contributed by atoms with E-state index < -0.39 is 10.1 Å². The van der Waals surface area contributed by atoms with Gasteiger partial charge in [0.05, 0.1) is 11.2 Å². The summed E-state index contributed by atoms with van der Waals surface area (Å²) < 4.78 is 29.0. The summed E-state index contributed by atoms with van der Waals surface area (Å²) in [6.45, 7) is 0. The highest BCUT2D eigenvalue weighted by molar-refractivity contribution is 7.87. The van der Waals surface area contributed by atoms with Gasteiger partial charge < -0.3 is 9.39 Å². The normalized spacial score (nSPS) is 11.7. The minimum Gasteiger partial charge on any atom is -0.411 e. The molecule has 0 saturated carbocycles. The Balaban J connectivity index is 2.31. The molecule has 0 aliphatic heterocycles. The summed E-state index contributed by atoms with van der Waals surface area (Å²) in [5.41, 5.74) is 0.516. The first-order chi connectivity index (χ1) is 9.53. The number of benzene rings is 2. The van der Waals surface area contributed by atoms with Crippen LogP contribution in [0.1, 0.15) is 5.56 Å². The topological polar surface area (TPSA) is 76.0 Å². The number of oxime groups is 1. The van der Waals surface area contributed by atoms with E-state index in [1.54, 1.807) is 18.2 Å². The molecule has 0 amide bonds. The van der Waals surface area contributed by atoms with Crippen LogP contribution in [0.15, 0.2) is 58.6 Å². The third kappa shape index (κ3) is 3.28. The summed E-state index contributed by atoms with van der Waals surface area (Å²) >= 11 is 5.93. The van der Waals surface area contributed by atoms with Gasteiger partial charge >= 0.3 is 10.1 Å². The van der Waals surface area contributed by atoms with Crippen molar-refractivity contribution in [1.82, 2.24) is 0 Å². The van der Waals surface area contributed by atoms with E-state index in [4.69, 9.17) is 21.0 Å². The molecule has 0 unspecified atom stereocenters. The fraction of sp³-hybridized carbons (Fsp3) is 0. The average Bonchev–Trinajstić information content (AvgIpc) is 2.43. The van der Waals surface area contributed by atoms with Gasteiger partial charge in [0.1, 0.15) is 4.90 Å². The summed E-state index contributed by atoms with van der Waals surface area (Å²) in [5.74, 6) is 0.00519. The van der Waals surface area contributed by atoms with Gasteiger partial charge in [0, 0.05) is 0 Å². The Morgan fingerprint density at radius 1 is 1.15 bits per heavy atom. The highest BCUT2D eigenvalue weighted by atomic mass is 35.5. The van der Waals surface area contributed by atoms with E-state index in [2.05, 4.69) is 5.16 Å². The number of rotatable bonds is 4. The van der Waals surface area contributed by atoms with Crippen LogP contribution in [-0.4, -0.2) is 19.8 Å². The van der Waals surface area contributed by atoms with E-state index in [0.29, 0.717) is 5.56 Å². The fourth-order valence-corrected chi connectivity index (χ4v) is 2.73. The molecular formula is C13H10ClNO4S. The van der Waals surface area contributed by atoms with E-state index in [1.807, 2.05) is 0 Å². The molecule has 1 N–H and O–H groups in total. The number of halogens is 1. The molecule has 2 rings (SSSR count). The van der Waals surface area contributed by atoms with Crippen LogP contribution in [0.3, 0.4) is 0 Å². The van der Waals surface area contributed by atoms with Crippen molar-refractivity contribution >= 4 is 27.9 Å². The van der Waals surface area contributed by atoms with Gasteiger partial charge in [-0.25, -0.2) is 0 Å². The van der Waals surface area contributed by atoms with Crippen LogP contribution in [0.25, 0.3) is 0 Å². The molecule has 0 aliphatic rings. The Hall–Kier alpha value is -2.05. The van der Waals surface area contributed by atoms with Crippen molar-refractivity contribution in [1.29, 1.82) is 0 Å². The Morgan fingerprint density at radius 2 is 1.85 bits per heavy atom. The first kappa shape index (κ1) is 14.4. The van der Waals surface area contributed by atoms with Crippen LogP contribution >= 0.6 is 11.6 Å². The maximum absolute atomic E-state index is 12.0. The first-order valence-electron chi connectivity index (χ1n) is 5.49. The van der Waals surface area contributed by atoms with Crippen LogP contribution < -0.4 is 4.18 Å². The summed E-state index contributed by atoms with van der Waals surface area (Å²) in [6, 6.07) is 12.1. The van der Waals surface area contributed by atoms with Crippen molar-refractivity contribution in [2.24, 2.45) is 5.16 Å². The Kier molecular flexibility index (Phi) is 4.26. The molecular weight excluding hydrogens is 302 g/mol. The lowest BCUT2D eigenvalue weighted by atomic mass is 10.2. The van der Waals surface area contributed by atoms with Crippen LogP contribution in [0, 0.1) is 0 Å². The van der Waals surface area contributed by atoms with Crippen molar-refractivity contribution in [2.75, 3.05) is 0 Å². The molecule has 2 aromatic rings. The van der Waals surface area contributed by atoms with Gasteiger partial charge in [0.15, 0.2) is 5.75 Å². The van der Waals surface area contributed by atoms with Crippen molar-refractivity contribution in [3.8, 4) is 5.75 Å². The number of hydrogen-bond donors (Lipinski definition) is 1. The minimum atomic E-state index is -3.93. The van der Waals surface area contributed by atoms with Crippen LogP contribution in [-0.2, 0) is 10.1 Å². The number of hydrogen-bond acceptors (Lipinski definition) is 5. The Bertz CT molecular complexity index is 729. The van der Waals surface area contributed by atoms with Crippen LogP contribution in [0.4, 0.5) is 0 Å². The van der Waals surface area contributed by atoms with Gasteiger partial charge in [-0.15, -0.1) is 0 Å². The second-order valence-electron chi connectivity index (χ2n) is 3.78. The van der Waals surface area contributed by atoms with Gasteiger partial charge in [0.25, 0.3) is 0 Å². The summed E-state index contributed by atoms with van der Waals surface area (Å²) in [4.78, 5) is 0.0389. The summed E-state index contributed by atoms with van der Waals surface area (Å²) in [6.07, 6.45) is 1.17. The fourth-order valence-electron chi connectivity index (χ4n) is 1.49. The summed E-state index contributed by atoms with van der Waals surface area (Å²) in [5, 5.41) is 11.4. The van der Waals surface area contributed by atoms with Gasteiger partial charge in [-0.1, -0.05) is 35.0 Å². The van der Waals surface area contributed by atoms with E-state index in [0.717, 1.165) is 0 Å². The second kappa shape index (κ2) is 5.94. The van der Waals surface area contributed by atoms with E-state index in [1.165, 1.54) is 36.5 Å².